The summed E-state index contributed by atoms with van der Waals surface area (Å²) in [5.41, 5.74) is 14.7. The molecule has 0 bridgehead atoms. The monoisotopic (exact) mass is 548 g/mol. The molecule has 34 heavy (non-hydrogen) atoms. The summed E-state index contributed by atoms with van der Waals surface area (Å²) >= 11 is 3.64. The van der Waals surface area contributed by atoms with Crippen molar-refractivity contribution in [3.05, 3.63) is 28.4 Å². The van der Waals surface area contributed by atoms with Crippen LogP contribution in [0.1, 0.15) is 12.0 Å². The Morgan fingerprint density at radius 3 is 2.24 bits per heavy atom. The smallest absolute Gasteiger partial charge is 0.187 e. The number of rotatable bonds is 21. The van der Waals surface area contributed by atoms with Crippen molar-refractivity contribution in [1.29, 1.82) is 0 Å². The molecule has 1 heterocycles. The Hall–Kier alpha value is -0.676. The quantitative estimate of drug-likeness (QED) is 0.0459. The minimum Gasteiger partial charge on any atom is -0.454 e. The van der Waals surface area contributed by atoms with E-state index in [9.17, 15) is 0 Å². The highest BCUT2D eigenvalue weighted by Crippen LogP contribution is 2.24. The van der Waals surface area contributed by atoms with Gasteiger partial charge in [0.15, 0.2) is 21.8 Å². The second-order valence-electron chi connectivity index (χ2n) is 8.71. The molecule has 0 fully saturated rings. The standard InChI is InChI=1S/C20H40N6O4S2Si2/c1-33(2,17-31-13-5-6-21)30-34(3,4)18-32-20-23-14-19(15-24-20)16-29-12-11-28-10-9-27-8-7-25-26-22/h14-15H,5-13,16-18,21H2,1-4H3. The van der Waals surface area contributed by atoms with Gasteiger partial charge in [-0.2, -0.15) is 11.8 Å². The zero-order valence-electron chi connectivity index (χ0n) is 20.9. The van der Waals surface area contributed by atoms with Gasteiger partial charge in [-0.05, 0) is 50.4 Å². The molecule has 14 heteroatoms. The molecule has 194 valence electrons. The molecule has 1 aromatic heterocycles. The highest BCUT2D eigenvalue weighted by Gasteiger charge is 2.33. The van der Waals surface area contributed by atoms with E-state index in [-0.39, 0.29) is 0 Å². The van der Waals surface area contributed by atoms with Crippen LogP contribution in [0.2, 0.25) is 26.2 Å². The van der Waals surface area contributed by atoms with Gasteiger partial charge >= 0.3 is 0 Å². The second-order valence-corrected chi connectivity index (χ2v) is 20.3. The maximum absolute atomic E-state index is 8.16. The maximum Gasteiger partial charge on any atom is 0.187 e. The number of aromatic nitrogens is 2. The summed E-state index contributed by atoms with van der Waals surface area (Å²) in [7, 11) is -3.50. The fraction of sp³-hybridized carbons (Fsp3) is 0.800. The fourth-order valence-electron chi connectivity index (χ4n) is 2.82. The summed E-state index contributed by atoms with van der Waals surface area (Å²) < 4.78 is 23.0. The van der Waals surface area contributed by atoms with Crippen molar-refractivity contribution in [2.45, 2.75) is 44.4 Å². The number of hydrogen-bond acceptors (Lipinski definition) is 10. The number of hydrogen-bond donors (Lipinski definition) is 1. The summed E-state index contributed by atoms with van der Waals surface area (Å²) in [4.78, 5) is 11.6. The topological polar surface area (TPSA) is 137 Å². The van der Waals surface area contributed by atoms with Gasteiger partial charge in [-0.1, -0.05) is 16.9 Å². The van der Waals surface area contributed by atoms with Gasteiger partial charge in [0.2, 0.25) is 0 Å². The molecule has 1 rings (SSSR count). The molecule has 0 atom stereocenters. The van der Waals surface area contributed by atoms with Crippen molar-refractivity contribution < 1.29 is 18.3 Å². The molecule has 2 N–H and O–H groups in total. The Morgan fingerprint density at radius 2 is 1.59 bits per heavy atom. The molecule has 0 aliphatic rings. The SMILES string of the molecule is C[Si](C)(CSCCCN)O[Si](C)(C)CSc1ncc(COCCOCCOCCN=[N+]=[N-])cn1. The molecule has 10 nitrogen and oxygen atoms in total. The predicted octanol–water partition coefficient (Wildman–Crippen LogP) is 4.02. The Kier molecular flexibility index (Phi) is 17.1. The van der Waals surface area contributed by atoms with E-state index in [4.69, 9.17) is 29.6 Å². The van der Waals surface area contributed by atoms with Crippen LogP contribution in [0.3, 0.4) is 0 Å². The molecule has 0 radical (unpaired) electrons. The lowest BCUT2D eigenvalue weighted by Gasteiger charge is -2.33. The number of azide groups is 1. The largest absolute Gasteiger partial charge is 0.454 e. The number of nitrogens with zero attached hydrogens (tertiary/aromatic N) is 5. The van der Waals surface area contributed by atoms with Crippen LogP contribution >= 0.6 is 23.5 Å². The maximum atomic E-state index is 8.16. The van der Waals surface area contributed by atoms with Crippen molar-refractivity contribution in [2.75, 3.05) is 62.6 Å². The van der Waals surface area contributed by atoms with E-state index in [1.807, 2.05) is 24.2 Å². The molecular weight excluding hydrogens is 509 g/mol. The third kappa shape index (κ3) is 16.9. The van der Waals surface area contributed by atoms with E-state index < -0.39 is 16.6 Å². The highest BCUT2D eigenvalue weighted by atomic mass is 32.2. The molecule has 0 unspecified atom stereocenters. The molecule has 1 aromatic rings. The van der Waals surface area contributed by atoms with Crippen LogP contribution in [0.15, 0.2) is 22.7 Å². The van der Waals surface area contributed by atoms with Gasteiger partial charge < -0.3 is 24.1 Å². The predicted molar refractivity (Wildman–Crippen MR) is 145 cm³/mol. The third-order valence-electron chi connectivity index (χ3n) is 4.14. The van der Waals surface area contributed by atoms with Crippen LogP contribution in [0.5, 0.6) is 0 Å². The Balaban J connectivity index is 2.20. The van der Waals surface area contributed by atoms with Crippen LogP contribution in [0.25, 0.3) is 10.4 Å². The minimum absolute atomic E-state index is 0.335. The van der Waals surface area contributed by atoms with Crippen molar-refractivity contribution in [1.82, 2.24) is 9.97 Å². The normalized spacial score (nSPS) is 12.0. The van der Waals surface area contributed by atoms with E-state index in [1.165, 1.54) is 0 Å². The first-order chi connectivity index (χ1) is 16.3. The van der Waals surface area contributed by atoms with Crippen LogP contribution in [-0.4, -0.2) is 89.2 Å². The van der Waals surface area contributed by atoms with Crippen molar-refractivity contribution in [3.8, 4) is 0 Å². The first kappa shape index (κ1) is 31.4. The zero-order valence-corrected chi connectivity index (χ0v) is 24.5. The van der Waals surface area contributed by atoms with E-state index in [1.54, 1.807) is 11.8 Å². The van der Waals surface area contributed by atoms with Crippen LogP contribution in [0.4, 0.5) is 0 Å². The summed E-state index contributed by atoms with van der Waals surface area (Å²) in [5, 5.41) is 6.20. The number of ether oxygens (including phenoxy) is 3. The average Bonchev–Trinajstić information content (AvgIpc) is 2.79. The molecule has 0 saturated carbocycles. The lowest BCUT2D eigenvalue weighted by Crippen LogP contribution is -2.48. The van der Waals surface area contributed by atoms with E-state index >= 15 is 0 Å². The van der Waals surface area contributed by atoms with Crippen LogP contribution in [-0.2, 0) is 24.9 Å². The van der Waals surface area contributed by atoms with Gasteiger partial charge in [0, 0.05) is 40.2 Å². The molecule has 0 amide bonds. The third-order valence-corrected chi connectivity index (χ3v) is 16.6. The lowest BCUT2D eigenvalue weighted by atomic mass is 10.4. The van der Waals surface area contributed by atoms with Gasteiger partial charge in [-0.3, -0.25) is 0 Å². The van der Waals surface area contributed by atoms with Gasteiger partial charge in [-0.25, -0.2) is 9.97 Å². The molecule has 0 aromatic carbocycles. The minimum atomic E-state index is -1.81. The molecule has 0 saturated heterocycles. The lowest BCUT2D eigenvalue weighted by molar-refractivity contribution is 0.0118. The number of nitrogens with two attached hydrogens (primary N) is 1. The Labute approximate surface area is 214 Å². The van der Waals surface area contributed by atoms with Crippen molar-refractivity contribution in [3.63, 3.8) is 0 Å². The van der Waals surface area contributed by atoms with E-state index in [0.29, 0.717) is 46.2 Å². The Morgan fingerprint density at radius 1 is 0.971 bits per heavy atom. The average molecular weight is 549 g/mol. The van der Waals surface area contributed by atoms with Gasteiger partial charge in [0.05, 0.1) is 39.6 Å². The molecular formula is C20H40N6O4S2Si2. The first-order valence-electron chi connectivity index (χ1n) is 11.4. The van der Waals surface area contributed by atoms with Crippen LogP contribution < -0.4 is 5.73 Å². The fourth-order valence-corrected chi connectivity index (χ4v) is 15.4. The highest BCUT2D eigenvalue weighted by molar-refractivity contribution is 8.01. The van der Waals surface area contributed by atoms with Crippen molar-refractivity contribution >= 4 is 40.2 Å². The Bertz CT molecular complexity index is 713. The molecule has 0 spiro atoms. The summed E-state index contributed by atoms with van der Waals surface area (Å²) in [6.45, 7) is 13.0. The summed E-state index contributed by atoms with van der Waals surface area (Å²) in [6, 6.07) is 0. The zero-order chi connectivity index (χ0) is 25.1. The molecule has 0 aliphatic carbocycles. The van der Waals surface area contributed by atoms with E-state index in [0.717, 1.165) is 40.2 Å². The van der Waals surface area contributed by atoms with E-state index in [2.05, 4.69) is 46.2 Å². The van der Waals surface area contributed by atoms with Gasteiger partial charge in [0.25, 0.3) is 0 Å². The van der Waals surface area contributed by atoms with Crippen molar-refractivity contribution in [2.24, 2.45) is 10.8 Å². The first-order valence-corrected chi connectivity index (χ1v) is 19.8. The number of thioether (sulfide) groups is 2. The molecule has 0 aliphatic heterocycles. The summed E-state index contributed by atoms with van der Waals surface area (Å²) in [6.07, 6.45) is 4.70. The summed E-state index contributed by atoms with van der Waals surface area (Å²) in [5.74, 6) is 1.11. The van der Waals surface area contributed by atoms with Gasteiger partial charge in [0.1, 0.15) is 0 Å². The second kappa shape index (κ2) is 18.6. The van der Waals surface area contributed by atoms with Crippen LogP contribution in [0, 0.1) is 0 Å². The van der Waals surface area contributed by atoms with Gasteiger partial charge in [-0.15, -0.1) is 0 Å².